The van der Waals surface area contributed by atoms with Crippen molar-refractivity contribution in [1.29, 1.82) is 0 Å². The van der Waals surface area contributed by atoms with Crippen molar-refractivity contribution >= 4 is 34.8 Å². The maximum atomic E-state index is 13.2. The first-order chi connectivity index (χ1) is 18.4. The Morgan fingerprint density at radius 1 is 1.11 bits per heavy atom. The molecule has 2 aromatic rings. The van der Waals surface area contributed by atoms with Crippen molar-refractivity contribution in [1.82, 2.24) is 4.90 Å². The van der Waals surface area contributed by atoms with E-state index in [-0.39, 0.29) is 17.8 Å². The van der Waals surface area contributed by atoms with Crippen LogP contribution in [-0.4, -0.2) is 47.7 Å². The van der Waals surface area contributed by atoms with Crippen molar-refractivity contribution in [3.8, 4) is 5.75 Å². The van der Waals surface area contributed by atoms with Crippen LogP contribution < -0.4 is 0 Å². The van der Waals surface area contributed by atoms with Crippen molar-refractivity contribution in [3.63, 3.8) is 0 Å². The number of likely N-dealkylation sites (tertiary alicyclic amines) is 1. The van der Waals surface area contributed by atoms with Gasteiger partial charge in [0.05, 0.1) is 31.7 Å². The van der Waals surface area contributed by atoms with Gasteiger partial charge in [-0.3, -0.25) is 9.59 Å². The molecule has 2 aromatic carbocycles. The van der Waals surface area contributed by atoms with Gasteiger partial charge in [-0.05, 0) is 54.7 Å². The number of allylic oxidation sites excluding steroid dienone is 2. The molecule has 1 aliphatic carbocycles. The molecule has 0 bridgehead atoms. The largest absolute Gasteiger partial charge is 0.507 e. The van der Waals surface area contributed by atoms with Gasteiger partial charge in [0, 0.05) is 11.3 Å². The van der Waals surface area contributed by atoms with Crippen LogP contribution in [0.4, 0.5) is 4.79 Å². The quantitative estimate of drug-likeness (QED) is 0.358. The van der Waals surface area contributed by atoms with Gasteiger partial charge < -0.3 is 14.6 Å². The Labute approximate surface area is 223 Å². The topological polar surface area (TPSA) is 93.1 Å². The molecule has 38 heavy (non-hydrogen) atoms. The molecule has 2 saturated heterocycles. The van der Waals surface area contributed by atoms with E-state index in [1.54, 1.807) is 6.07 Å². The molecule has 0 unspecified atom stereocenters. The number of amides is 3. The van der Waals surface area contributed by atoms with Crippen LogP contribution >= 0.6 is 0 Å². The van der Waals surface area contributed by atoms with Gasteiger partial charge >= 0.3 is 6.09 Å². The number of ether oxygens (including phenoxy) is 2. The molecule has 7 nitrogen and oxygen atoms in total. The fraction of sp³-hybridized carbons (Fsp3) is 0.452. The Balaban J connectivity index is 1.39. The van der Waals surface area contributed by atoms with Crippen LogP contribution in [0.1, 0.15) is 57.9 Å². The molecule has 5 rings (SSSR count). The normalized spacial score (nSPS) is 25.2. The Morgan fingerprint density at radius 3 is 2.58 bits per heavy atom. The molecule has 200 valence electrons. The number of hydrogen-bond acceptors (Lipinski definition) is 6. The Hall–Kier alpha value is -3.45. The van der Waals surface area contributed by atoms with E-state index in [2.05, 4.69) is 19.9 Å². The van der Waals surface area contributed by atoms with E-state index in [1.165, 1.54) is 23.8 Å². The van der Waals surface area contributed by atoms with Gasteiger partial charge in [-0.15, -0.1) is 0 Å². The maximum absolute atomic E-state index is 13.2. The molecule has 3 amide bonds. The summed E-state index contributed by atoms with van der Waals surface area (Å²) in [4.78, 5) is 39.1. The first-order valence-electron chi connectivity index (χ1n) is 13.6. The van der Waals surface area contributed by atoms with Gasteiger partial charge in [-0.25, -0.2) is 4.79 Å². The summed E-state index contributed by atoms with van der Waals surface area (Å²) in [5.41, 5.74) is 4.74. The molecule has 0 aromatic heterocycles. The van der Waals surface area contributed by atoms with Crippen LogP contribution in [0.2, 0.25) is 0 Å². The highest BCUT2D eigenvalue weighted by molar-refractivity contribution is 6.16. The Morgan fingerprint density at radius 2 is 1.87 bits per heavy atom. The molecule has 0 saturated carbocycles. The summed E-state index contributed by atoms with van der Waals surface area (Å²) in [5, 5.41) is 12.1. The number of benzene rings is 2. The minimum atomic E-state index is -0.900. The van der Waals surface area contributed by atoms with Gasteiger partial charge in [0.25, 0.3) is 0 Å². The van der Waals surface area contributed by atoms with Gasteiger partial charge in [-0.2, -0.15) is 4.90 Å². The smallest absolute Gasteiger partial charge is 0.423 e. The van der Waals surface area contributed by atoms with E-state index in [0.717, 1.165) is 48.4 Å². The van der Waals surface area contributed by atoms with Gasteiger partial charge in [-0.1, -0.05) is 67.8 Å². The minimum absolute atomic E-state index is 0.107. The third-order valence-electron chi connectivity index (χ3n) is 8.39. The number of phenolic OH excluding ortho intramolecular Hbond substituents is 1. The Bertz CT molecular complexity index is 1340. The first kappa shape index (κ1) is 26.2. The van der Waals surface area contributed by atoms with Crippen LogP contribution in [0, 0.1) is 17.8 Å². The van der Waals surface area contributed by atoms with Crippen molar-refractivity contribution in [2.75, 3.05) is 13.7 Å². The van der Waals surface area contributed by atoms with Crippen molar-refractivity contribution in [2.45, 2.75) is 58.5 Å². The zero-order valence-corrected chi connectivity index (χ0v) is 22.2. The predicted octanol–water partition coefficient (Wildman–Crippen LogP) is 6.00. The Kier molecular flexibility index (Phi) is 7.39. The van der Waals surface area contributed by atoms with Crippen LogP contribution in [0.15, 0.2) is 53.1 Å². The number of nitrogens with zero attached hydrogens (tertiary/aromatic N) is 1. The van der Waals surface area contributed by atoms with E-state index < -0.39 is 29.7 Å². The summed E-state index contributed by atoms with van der Waals surface area (Å²) >= 11 is 0. The fourth-order valence-corrected chi connectivity index (χ4v) is 6.60. The summed E-state index contributed by atoms with van der Waals surface area (Å²) in [6, 6.07) is 11.5. The second kappa shape index (κ2) is 10.7. The molecule has 3 aliphatic rings. The molecule has 1 N–H and O–H groups in total. The SMILES string of the molecule is CCCC1=C2[C@@H](CC/C(=C/c3ccc(O)c4ccccc34)CC)OC[C@@H]2[C@@H]2C(=O)N(C(=O)OC)C(=O)[C@@H]2C1. The summed E-state index contributed by atoms with van der Waals surface area (Å²) in [7, 11) is 1.19. The number of aromatic hydroxyl groups is 1. The average molecular weight is 518 g/mol. The molecule has 2 aliphatic heterocycles. The van der Waals surface area contributed by atoms with E-state index in [1.807, 2.05) is 30.3 Å². The number of methoxy groups -OCH3 is 1. The predicted molar refractivity (Wildman–Crippen MR) is 144 cm³/mol. The van der Waals surface area contributed by atoms with E-state index in [0.29, 0.717) is 17.9 Å². The van der Waals surface area contributed by atoms with E-state index in [4.69, 9.17) is 9.47 Å². The van der Waals surface area contributed by atoms with Crippen molar-refractivity contribution < 1.29 is 29.0 Å². The molecular formula is C31H35NO6. The number of carbonyl (C=O) groups is 3. The van der Waals surface area contributed by atoms with Gasteiger partial charge in [0.1, 0.15) is 5.75 Å². The summed E-state index contributed by atoms with van der Waals surface area (Å²) in [6.45, 7) is 4.64. The maximum Gasteiger partial charge on any atom is 0.423 e. The van der Waals surface area contributed by atoms with Crippen molar-refractivity contribution in [3.05, 3.63) is 58.7 Å². The summed E-state index contributed by atoms with van der Waals surface area (Å²) < 4.78 is 11.0. The highest BCUT2D eigenvalue weighted by atomic mass is 16.5. The second-order valence-electron chi connectivity index (χ2n) is 10.5. The first-order valence-corrected chi connectivity index (χ1v) is 13.6. The van der Waals surface area contributed by atoms with Crippen LogP contribution in [0.3, 0.4) is 0 Å². The van der Waals surface area contributed by atoms with Crippen molar-refractivity contribution in [2.24, 2.45) is 17.8 Å². The lowest BCUT2D eigenvalue weighted by Gasteiger charge is -2.31. The monoisotopic (exact) mass is 517 g/mol. The number of phenols is 1. The lowest BCUT2D eigenvalue weighted by atomic mass is 9.68. The summed E-state index contributed by atoms with van der Waals surface area (Å²) in [6.07, 6.45) is 6.00. The van der Waals surface area contributed by atoms with E-state index >= 15 is 0 Å². The molecule has 2 fully saturated rings. The number of rotatable bonds is 7. The fourth-order valence-electron chi connectivity index (χ4n) is 6.60. The molecular weight excluding hydrogens is 482 g/mol. The van der Waals surface area contributed by atoms with Gasteiger partial charge in [0.15, 0.2) is 0 Å². The van der Waals surface area contributed by atoms with Crippen LogP contribution in [-0.2, 0) is 19.1 Å². The minimum Gasteiger partial charge on any atom is -0.507 e. The molecule has 0 spiro atoms. The molecule has 0 radical (unpaired) electrons. The number of hydrogen-bond donors (Lipinski definition) is 1. The summed E-state index contributed by atoms with van der Waals surface area (Å²) in [5.74, 6) is -1.89. The third-order valence-corrected chi connectivity index (χ3v) is 8.39. The third kappa shape index (κ3) is 4.43. The lowest BCUT2D eigenvalue weighted by molar-refractivity contribution is -0.137. The number of imide groups is 3. The average Bonchev–Trinajstić information content (AvgIpc) is 3.46. The second-order valence-corrected chi connectivity index (χ2v) is 10.5. The molecule has 7 heteroatoms. The highest BCUT2D eigenvalue weighted by Crippen LogP contribution is 2.50. The number of carbonyl (C=O) groups excluding carboxylic acids is 3. The standard InChI is InChI=1S/C31H35NO6/c1-4-8-20-16-23-28(30(35)32(29(23)34)31(36)37-3)24-17-38-26(27(20)24)14-11-18(5-2)15-19-12-13-25(33)22-10-7-6-9-21(19)22/h6-7,9-10,12-13,15,23-24,26,28,33H,4-5,8,11,14,16-17H2,1-3H3/b18-15+/t23-,24+,26-,28-/m1/s1. The zero-order valence-electron chi connectivity index (χ0n) is 22.2. The molecule has 4 atom stereocenters. The van der Waals surface area contributed by atoms with Crippen LogP contribution in [0.25, 0.3) is 16.8 Å². The zero-order chi connectivity index (χ0) is 27.0. The molecule has 2 heterocycles. The van der Waals surface area contributed by atoms with E-state index in [9.17, 15) is 19.5 Å². The van der Waals surface area contributed by atoms with Gasteiger partial charge in [0.2, 0.25) is 11.8 Å². The lowest BCUT2D eigenvalue weighted by Crippen LogP contribution is -2.38. The number of fused-ring (bicyclic) bond motifs is 4. The highest BCUT2D eigenvalue weighted by Gasteiger charge is 2.58. The van der Waals surface area contributed by atoms with Crippen LogP contribution in [0.5, 0.6) is 5.75 Å².